The molecule has 0 N–H and O–H groups in total. The highest BCUT2D eigenvalue weighted by molar-refractivity contribution is 5.09. The standard InChI is InChI=1S/C10H18/c1-5-6-7-10(4)8-9(2)3/h5-7,9H,8H2,1-4H3/b6-5?,10-7+. The van der Waals surface area contributed by atoms with Gasteiger partial charge in [0, 0.05) is 0 Å². The molecular formula is C10H18. The van der Waals surface area contributed by atoms with E-state index in [1.165, 1.54) is 12.0 Å². The Morgan fingerprint density at radius 3 is 2.40 bits per heavy atom. The van der Waals surface area contributed by atoms with Crippen molar-refractivity contribution in [2.75, 3.05) is 0 Å². The minimum atomic E-state index is 0.779. The number of rotatable bonds is 3. The highest BCUT2D eigenvalue weighted by Gasteiger charge is 1.92. The summed E-state index contributed by atoms with van der Waals surface area (Å²) < 4.78 is 0. The Labute approximate surface area is 64.6 Å². The molecule has 10 heavy (non-hydrogen) atoms. The van der Waals surface area contributed by atoms with Gasteiger partial charge in [0.15, 0.2) is 0 Å². The van der Waals surface area contributed by atoms with Gasteiger partial charge in [-0.2, -0.15) is 0 Å². The molecule has 0 saturated carbocycles. The van der Waals surface area contributed by atoms with Crippen molar-refractivity contribution in [2.45, 2.75) is 34.1 Å². The summed E-state index contributed by atoms with van der Waals surface area (Å²) in [4.78, 5) is 0. The van der Waals surface area contributed by atoms with Crippen LogP contribution in [0.25, 0.3) is 0 Å². The van der Waals surface area contributed by atoms with Crippen molar-refractivity contribution in [1.82, 2.24) is 0 Å². The lowest BCUT2D eigenvalue weighted by Crippen LogP contribution is -1.86. The molecule has 58 valence electrons. The van der Waals surface area contributed by atoms with Crippen LogP contribution in [0.2, 0.25) is 0 Å². The van der Waals surface area contributed by atoms with Gasteiger partial charge in [-0.05, 0) is 26.2 Å². The maximum absolute atomic E-state index is 2.24. The predicted octanol–water partition coefficient (Wildman–Crippen LogP) is 3.55. The van der Waals surface area contributed by atoms with E-state index in [0.717, 1.165) is 5.92 Å². The minimum Gasteiger partial charge on any atom is -0.0877 e. The average molecular weight is 138 g/mol. The topological polar surface area (TPSA) is 0 Å². The molecule has 0 bridgehead atoms. The number of allylic oxidation sites excluding steroid dienone is 4. The highest BCUT2D eigenvalue weighted by Crippen LogP contribution is 2.08. The van der Waals surface area contributed by atoms with Crippen molar-refractivity contribution >= 4 is 0 Å². The molecule has 0 heterocycles. The van der Waals surface area contributed by atoms with Crippen LogP contribution < -0.4 is 0 Å². The van der Waals surface area contributed by atoms with Crippen LogP contribution in [0.4, 0.5) is 0 Å². The van der Waals surface area contributed by atoms with Crippen LogP contribution in [0.5, 0.6) is 0 Å². The van der Waals surface area contributed by atoms with Crippen molar-refractivity contribution in [1.29, 1.82) is 0 Å². The molecule has 0 amide bonds. The SMILES string of the molecule is CC=C/C=C(\C)CC(C)C. The lowest BCUT2D eigenvalue weighted by Gasteiger charge is -2.02. The second-order valence-electron chi connectivity index (χ2n) is 3.14. The second-order valence-corrected chi connectivity index (χ2v) is 3.14. The molecule has 0 radical (unpaired) electrons. The van der Waals surface area contributed by atoms with E-state index in [4.69, 9.17) is 0 Å². The third-order valence-electron chi connectivity index (χ3n) is 1.30. The lowest BCUT2D eigenvalue weighted by atomic mass is 10.0. The van der Waals surface area contributed by atoms with E-state index in [1.54, 1.807) is 0 Å². The molecular weight excluding hydrogens is 120 g/mol. The van der Waals surface area contributed by atoms with E-state index in [-0.39, 0.29) is 0 Å². The summed E-state index contributed by atoms with van der Waals surface area (Å²) in [5.74, 6) is 0.779. The molecule has 0 rings (SSSR count). The van der Waals surface area contributed by atoms with Gasteiger partial charge in [-0.25, -0.2) is 0 Å². The van der Waals surface area contributed by atoms with Crippen molar-refractivity contribution in [2.24, 2.45) is 5.92 Å². The van der Waals surface area contributed by atoms with Crippen LogP contribution in [0.15, 0.2) is 23.8 Å². The number of hydrogen-bond acceptors (Lipinski definition) is 0. The molecule has 0 aromatic heterocycles. The van der Waals surface area contributed by atoms with E-state index in [0.29, 0.717) is 0 Å². The van der Waals surface area contributed by atoms with Gasteiger partial charge < -0.3 is 0 Å². The van der Waals surface area contributed by atoms with Crippen molar-refractivity contribution in [3.63, 3.8) is 0 Å². The van der Waals surface area contributed by atoms with Crippen LogP contribution in [0.1, 0.15) is 34.1 Å². The molecule has 0 spiro atoms. The predicted molar refractivity (Wildman–Crippen MR) is 48.0 cm³/mol. The van der Waals surface area contributed by atoms with Gasteiger partial charge in [0.2, 0.25) is 0 Å². The fourth-order valence-corrected chi connectivity index (χ4v) is 0.972. The van der Waals surface area contributed by atoms with Gasteiger partial charge in [-0.3, -0.25) is 0 Å². The second kappa shape index (κ2) is 5.28. The summed E-state index contributed by atoms with van der Waals surface area (Å²) in [5, 5.41) is 0. The Bertz CT molecular complexity index is 127. The largest absolute Gasteiger partial charge is 0.0877 e. The smallest absolute Gasteiger partial charge is 0.0297 e. The Morgan fingerprint density at radius 2 is 2.00 bits per heavy atom. The maximum atomic E-state index is 2.24. The van der Waals surface area contributed by atoms with E-state index in [2.05, 4.69) is 39.0 Å². The zero-order valence-corrected chi connectivity index (χ0v) is 7.52. The van der Waals surface area contributed by atoms with E-state index in [9.17, 15) is 0 Å². The maximum Gasteiger partial charge on any atom is -0.0297 e. The molecule has 0 nitrogen and oxygen atoms in total. The monoisotopic (exact) mass is 138 g/mol. The van der Waals surface area contributed by atoms with Gasteiger partial charge in [0.25, 0.3) is 0 Å². The molecule has 0 aliphatic rings. The Balaban J connectivity index is 3.71. The molecule has 0 atom stereocenters. The molecule has 0 unspecified atom stereocenters. The van der Waals surface area contributed by atoms with Crippen LogP contribution in [0, 0.1) is 5.92 Å². The summed E-state index contributed by atoms with van der Waals surface area (Å²) in [6, 6.07) is 0. The first-order valence-electron chi connectivity index (χ1n) is 3.95. The summed E-state index contributed by atoms with van der Waals surface area (Å²) in [5.41, 5.74) is 1.47. The molecule has 0 heteroatoms. The Kier molecular flexibility index (Phi) is 5.00. The van der Waals surface area contributed by atoms with Crippen LogP contribution in [0.3, 0.4) is 0 Å². The summed E-state index contributed by atoms with van der Waals surface area (Å²) >= 11 is 0. The van der Waals surface area contributed by atoms with Gasteiger partial charge in [-0.1, -0.05) is 37.6 Å². The first-order valence-corrected chi connectivity index (χ1v) is 3.95. The molecule has 0 aliphatic heterocycles. The van der Waals surface area contributed by atoms with Crippen LogP contribution in [-0.4, -0.2) is 0 Å². The Hall–Kier alpha value is -0.520. The fourth-order valence-electron chi connectivity index (χ4n) is 0.972. The number of hydrogen-bond donors (Lipinski definition) is 0. The molecule has 0 aromatic carbocycles. The molecule has 0 saturated heterocycles. The third-order valence-corrected chi connectivity index (χ3v) is 1.30. The average Bonchev–Trinajstić information content (AvgIpc) is 1.82. The zero-order valence-electron chi connectivity index (χ0n) is 7.52. The van der Waals surface area contributed by atoms with Crippen LogP contribution in [-0.2, 0) is 0 Å². The Morgan fingerprint density at radius 1 is 1.40 bits per heavy atom. The van der Waals surface area contributed by atoms with E-state index >= 15 is 0 Å². The van der Waals surface area contributed by atoms with E-state index < -0.39 is 0 Å². The van der Waals surface area contributed by atoms with Crippen LogP contribution >= 0.6 is 0 Å². The van der Waals surface area contributed by atoms with Gasteiger partial charge >= 0.3 is 0 Å². The normalized spacial score (nSPS) is 13.5. The quantitative estimate of drug-likeness (QED) is 0.523. The van der Waals surface area contributed by atoms with Gasteiger partial charge in [0.1, 0.15) is 0 Å². The summed E-state index contributed by atoms with van der Waals surface area (Å²) in [6.07, 6.45) is 7.55. The first-order chi connectivity index (χ1) is 4.66. The minimum absolute atomic E-state index is 0.779. The molecule has 0 fully saturated rings. The zero-order chi connectivity index (χ0) is 7.98. The highest BCUT2D eigenvalue weighted by atomic mass is 14.0. The van der Waals surface area contributed by atoms with Crippen molar-refractivity contribution in [3.05, 3.63) is 23.8 Å². The molecule has 0 aromatic rings. The van der Waals surface area contributed by atoms with E-state index in [1.807, 2.05) is 6.92 Å². The molecule has 0 aliphatic carbocycles. The lowest BCUT2D eigenvalue weighted by molar-refractivity contribution is 0.642. The first kappa shape index (κ1) is 9.48. The van der Waals surface area contributed by atoms with Crippen molar-refractivity contribution in [3.8, 4) is 0 Å². The fraction of sp³-hybridized carbons (Fsp3) is 0.600. The summed E-state index contributed by atoms with van der Waals surface area (Å²) in [7, 11) is 0. The third kappa shape index (κ3) is 5.61. The summed E-state index contributed by atoms with van der Waals surface area (Å²) in [6.45, 7) is 8.71. The van der Waals surface area contributed by atoms with Gasteiger partial charge in [0.05, 0.1) is 0 Å². The van der Waals surface area contributed by atoms with Crippen molar-refractivity contribution < 1.29 is 0 Å². The van der Waals surface area contributed by atoms with Gasteiger partial charge in [-0.15, -0.1) is 0 Å².